The topological polar surface area (TPSA) is 135 Å². The van der Waals surface area contributed by atoms with E-state index in [1.54, 1.807) is 4.90 Å². The van der Waals surface area contributed by atoms with Crippen LogP contribution >= 0.6 is 0 Å². The molecular formula is C14H28BNO9S2. The first-order valence-electron chi connectivity index (χ1n) is 8.97. The first kappa shape index (κ1) is 23.9. The van der Waals surface area contributed by atoms with Crippen molar-refractivity contribution in [2.75, 3.05) is 25.9 Å². The molecule has 3 fully saturated rings. The average Bonchev–Trinajstić information content (AvgIpc) is 2.70. The summed E-state index contributed by atoms with van der Waals surface area (Å²) in [6.45, 7) is 10.9. The number of carbonyl (C=O) groups is 2. The van der Waals surface area contributed by atoms with E-state index < -0.39 is 49.4 Å². The monoisotopic (exact) mass is 429 g/mol. The summed E-state index contributed by atoms with van der Waals surface area (Å²) in [6.07, 6.45) is 3.69. The van der Waals surface area contributed by atoms with Crippen molar-refractivity contribution in [2.45, 2.75) is 51.7 Å². The Bertz CT molecular complexity index is 734. The molecule has 10 nitrogen and oxygen atoms in total. The van der Waals surface area contributed by atoms with Gasteiger partial charge in [-0.25, -0.2) is 8.42 Å². The Morgan fingerprint density at radius 1 is 1.04 bits per heavy atom. The third-order valence-corrected chi connectivity index (χ3v) is 7.12. The lowest BCUT2D eigenvalue weighted by atomic mass is 10.2. The Morgan fingerprint density at radius 3 is 1.89 bits per heavy atom. The molecule has 0 aromatic heterocycles. The van der Waals surface area contributed by atoms with E-state index in [1.165, 1.54) is 38.9 Å². The van der Waals surface area contributed by atoms with Gasteiger partial charge < -0.3 is 18.3 Å². The van der Waals surface area contributed by atoms with Crippen LogP contribution in [0.2, 0.25) is 0 Å². The average molecular weight is 429 g/mol. The first-order valence-corrected chi connectivity index (χ1v) is 12.4. The minimum absolute atomic E-state index is 0.536. The van der Waals surface area contributed by atoms with Crippen molar-refractivity contribution in [3.63, 3.8) is 0 Å². The second kappa shape index (κ2) is 9.35. The van der Waals surface area contributed by atoms with Crippen LogP contribution in [0.5, 0.6) is 0 Å². The summed E-state index contributed by atoms with van der Waals surface area (Å²) in [6, 6.07) is -3.99. The molecule has 0 radical (unpaired) electrons. The van der Waals surface area contributed by atoms with Gasteiger partial charge in [-0.1, -0.05) is 20.8 Å². The Labute approximate surface area is 160 Å². The van der Waals surface area contributed by atoms with Crippen LogP contribution in [0.4, 0.5) is 0 Å². The van der Waals surface area contributed by atoms with Crippen molar-refractivity contribution in [1.29, 1.82) is 0 Å². The van der Waals surface area contributed by atoms with Crippen molar-refractivity contribution >= 4 is 37.8 Å². The first-order chi connectivity index (χ1) is 12.4. The second-order valence-corrected chi connectivity index (χ2v) is 10.6. The lowest BCUT2D eigenvalue weighted by Crippen LogP contribution is -3.11. The minimum Gasteiger partial charge on any atom is -0.621 e. The zero-order valence-electron chi connectivity index (χ0n) is 16.1. The van der Waals surface area contributed by atoms with Gasteiger partial charge in [-0.05, 0) is 19.3 Å². The number of quaternary nitrogens is 1. The van der Waals surface area contributed by atoms with Gasteiger partial charge in [0.25, 0.3) is 11.9 Å². The third-order valence-electron chi connectivity index (χ3n) is 4.09. The van der Waals surface area contributed by atoms with E-state index in [9.17, 15) is 26.4 Å². The molecule has 3 aliphatic rings. The Balaban J connectivity index is 0.000000314. The molecular weight excluding hydrogens is 401 g/mol. The molecule has 2 bridgehead atoms. The molecule has 0 saturated carbocycles. The Kier molecular flexibility index (Phi) is 8.26. The van der Waals surface area contributed by atoms with E-state index >= 15 is 0 Å². The predicted octanol–water partition coefficient (Wildman–Crippen LogP) is -1.21. The third kappa shape index (κ3) is 5.90. The summed E-state index contributed by atoms with van der Waals surface area (Å²) in [5.41, 5.74) is 0. The summed E-state index contributed by atoms with van der Waals surface area (Å²) in [7, 11) is -8.94. The van der Waals surface area contributed by atoms with Crippen LogP contribution in [0.25, 0.3) is 0 Å². The van der Waals surface area contributed by atoms with E-state index in [4.69, 9.17) is 0 Å². The molecule has 3 saturated heterocycles. The van der Waals surface area contributed by atoms with Crippen LogP contribution in [0.15, 0.2) is 0 Å². The molecule has 0 amide bonds. The maximum atomic E-state index is 11.5. The molecule has 0 aromatic carbocycles. The van der Waals surface area contributed by atoms with Crippen molar-refractivity contribution in [3.05, 3.63) is 0 Å². The van der Waals surface area contributed by atoms with Gasteiger partial charge in [0.05, 0.1) is 26.1 Å². The smallest absolute Gasteiger partial charge is 0.621 e. The maximum absolute atomic E-state index is 11.5. The minimum atomic E-state index is -4.56. The van der Waals surface area contributed by atoms with Crippen molar-refractivity contribution in [1.82, 2.24) is 0 Å². The Morgan fingerprint density at radius 2 is 1.52 bits per heavy atom. The normalized spacial score (nSPS) is 26.6. The largest absolute Gasteiger partial charge is 0.635 e. The Hall–Kier alpha value is -1.18. The van der Waals surface area contributed by atoms with E-state index in [-0.39, 0.29) is 0 Å². The SMILES string of the molecule is CCC[NH+](CCC)CCC.CS(=O)(=O)[B-]12OC(=O)CC(C(=O)O1)S(=O)(=O)O2. The molecule has 0 aliphatic carbocycles. The summed E-state index contributed by atoms with van der Waals surface area (Å²) in [5, 5.41) is -1.88. The predicted molar refractivity (Wildman–Crippen MR) is 97.6 cm³/mol. The number of hydrogen-bond acceptors (Lipinski definition) is 9. The number of carbonyl (C=O) groups excluding carboxylic acids is 2. The van der Waals surface area contributed by atoms with E-state index in [0.717, 1.165) is 0 Å². The maximum Gasteiger partial charge on any atom is 0.635 e. The van der Waals surface area contributed by atoms with Crippen LogP contribution < -0.4 is 4.90 Å². The van der Waals surface area contributed by atoms with Crippen molar-refractivity contribution < 1.29 is 44.7 Å². The summed E-state index contributed by atoms with van der Waals surface area (Å²) >= 11 is 0. The van der Waals surface area contributed by atoms with Gasteiger partial charge >= 0.3 is 6.03 Å². The van der Waals surface area contributed by atoms with E-state index in [2.05, 4.69) is 34.2 Å². The second-order valence-electron chi connectivity index (χ2n) is 6.62. The molecule has 1 N–H and O–H groups in total. The number of nitrogens with one attached hydrogen (secondary N) is 1. The fourth-order valence-corrected chi connectivity index (χ4v) is 5.48. The van der Waals surface area contributed by atoms with Crippen LogP contribution in [-0.2, 0) is 42.8 Å². The van der Waals surface area contributed by atoms with Crippen molar-refractivity contribution in [3.8, 4) is 0 Å². The van der Waals surface area contributed by atoms with Crippen molar-refractivity contribution in [2.24, 2.45) is 0 Å². The van der Waals surface area contributed by atoms with Crippen LogP contribution in [-0.4, -0.2) is 65.9 Å². The number of fused-ring (bicyclic) bond motifs is 4. The van der Waals surface area contributed by atoms with Crippen LogP contribution in [0.1, 0.15) is 46.5 Å². The highest BCUT2D eigenvalue weighted by Gasteiger charge is 2.62. The molecule has 27 heavy (non-hydrogen) atoms. The number of hydrogen-bond donors (Lipinski definition) is 1. The summed E-state index contributed by atoms with van der Waals surface area (Å²) < 4.78 is 58.7. The molecule has 2 atom stereocenters. The fourth-order valence-electron chi connectivity index (χ4n) is 2.86. The fraction of sp³-hybridized carbons (Fsp3) is 0.857. The van der Waals surface area contributed by atoms with Crippen LogP contribution in [0.3, 0.4) is 0 Å². The quantitative estimate of drug-likeness (QED) is 0.495. The molecule has 13 heteroatoms. The lowest BCUT2D eigenvalue weighted by Gasteiger charge is -2.38. The lowest BCUT2D eigenvalue weighted by molar-refractivity contribution is -0.900. The summed E-state index contributed by atoms with van der Waals surface area (Å²) in [5.74, 6) is -2.56. The molecule has 3 heterocycles. The van der Waals surface area contributed by atoms with Gasteiger partial charge in [0.2, 0.25) is 10.1 Å². The molecule has 2 unspecified atom stereocenters. The van der Waals surface area contributed by atoms with Gasteiger partial charge in [0.1, 0.15) is 9.69 Å². The highest BCUT2D eigenvalue weighted by Crippen LogP contribution is 2.33. The van der Waals surface area contributed by atoms with E-state index in [1.807, 2.05) is 0 Å². The molecule has 158 valence electrons. The zero-order valence-corrected chi connectivity index (χ0v) is 17.7. The van der Waals surface area contributed by atoms with Crippen LogP contribution in [0, 0.1) is 0 Å². The number of rotatable bonds is 7. The van der Waals surface area contributed by atoms with Gasteiger partial charge in [-0.15, -0.1) is 0 Å². The summed E-state index contributed by atoms with van der Waals surface area (Å²) in [4.78, 5) is 24.3. The molecule has 0 aromatic rings. The van der Waals surface area contributed by atoms with Gasteiger partial charge in [0.15, 0.2) is 5.25 Å². The molecule has 0 spiro atoms. The molecule has 3 aliphatic heterocycles. The zero-order chi connectivity index (χ0) is 20.9. The van der Waals surface area contributed by atoms with Gasteiger partial charge in [0, 0.05) is 6.26 Å². The van der Waals surface area contributed by atoms with Gasteiger partial charge in [-0.3, -0.25) is 18.0 Å². The van der Waals surface area contributed by atoms with E-state index in [0.29, 0.717) is 6.26 Å². The standard InChI is InChI=1S/C9H21N.C5H6BO9S2/c1-4-7-10(8-5-2)9-6-3;1-16(9,10)6-13-4(7)2-3(5(8)14-6)17(11,12)15-6/h4-9H2,1-3H3;3H,2H2,1H3/q;-1/p+1. The van der Waals surface area contributed by atoms with Gasteiger partial charge in [-0.2, -0.15) is 0 Å². The highest BCUT2D eigenvalue weighted by molar-refractivity contribution is 8.20. The molecule has 3 rings (SSSR count). The highest BCUT2D eigenvalue weighted by atomic mass is 32.2.